The van der Waals surface area contributed by atoms with Gasteiger partial charge in [-0.3, -0.25) is 4.79 Å². The summed E-state index contributed by atoms with van der Waals surface area (Å²) < 4.78 is 1.86. The number of fused-ring (bicyclic) bond motifs is 1. The summed E-state index contributed by atoms with van der Waals surface area (Å²) in [6.45, 7) is 8.27. The molecule has 0 aliphatic rings. The Morgan fingerprint density at radius 3 is 2.61 bits per heavy atom. The van der Waals surface area contributed by atoms with Gasteiger partial charge in [-0.05, 0) is 39.8 Å². The first-order chi connectivity index (χ1) is 10.9. The summed E-state index contributed by atoms with van der Waals surface area (Å²) >= 11 is 1.74. The number of carbonyl (C=O) groups excluding carboxylic acids is 1. The van der Waals surface area contributed by atoms with E-state index in [-0.39, 0.29) is 11.9 Å². The predicted octanol–water partition coefficient (Wildman–Crippen LogP) is 3.72. The number of aryl methyl sites for hydroxylation is 2. The Balaban J connectivity index is 2.33. The lowest BCUT2D eigenvalue weighted by atomic mass is 10.1. The number of nitrogens with zero attached hydrogens (tertiary/aromatic N) is 3. The van der Waals surface area contributed by atoms with Gasteiger partial charge in [0.1, 0.15) is 0 Å². The van der Waals surface area contributed by atoms with E-state index in [2.05, 4.69) is 44.2 Å². The number of pyridine rings is 1. The second-order valence-corrected chi connectivity index (χ2v) is 7.34. The van der Waals surface area contributed by atoms with Gasteiger partial charge in [0.15, 0.2) is 5.65 Å². The minimum absolute atomic E-state index is 0.119. The maximum absolute atomic E-state index is 12.3. The Labute approximate surface area is 139 Å². The minimum atomic E-state index is -0.119. The Morgan fingerprint density at radius 2 is 2.04 bits per heavy atom. The van der Waals surface area contributed by atoms with Gasteiger partial charge in [0, 0.05) is 28.4 Å². The van der Waals surface area contributed by atoms with Crippen LogP contribution in [0.25, 0.3) is 22.3 Å². The van der Waals surface area contributed by atoms with Gasteiger partial charge in [-0.2, -0.15) is 5.10 Å². The van der Waals surface area contributed by atoms with Gasteiger partial charge in [0.25, 0.3) is 5.91 Å². The molecule has 23 heavy (non-hydrogen) atoms. The highest BCUT2D eigenvalue weighted by Crippen LogP contribution is 2.32. The van der Waals surface area contributed by atoms with E-state index in [0.717, 1.165) is 22.3 Å². The lowest BCUT2D eigenvalue weighted by molar-refractivity contribution is 0.0964. The molecule has 5 nitrogen and oxygen atoms in total. The Hall–Kier alpha value is -2.21. The molecule has 120 valence electrons. The number of nitrogens with one attached hydrogen (secondary N) is 1. The van der Waals surface area contributed by atoms with Crippen molar-refractivity contribution < 1.29 is 4.79 Å². The van der Waals surface area contributed by atoms with Gasteiger partial charge in [0.05, 0.1) is 22.8 Å². The maximum Gasteiger partial charge on any atom is 0.251 e. The highest BCUT2D eigenvalue weighted by Gasteiger charge is 2.19. The van der Waals surface area contributed by atoms with E-state index in [0.29, 0.717) is 5.56 Å². The fraction of sp³-hybridized carbons (Fsp3) is 0.353. The van der Waals surface area contributed by atoms with E-state index in [1.54, 1.807) is 24.6 Å². The molecule has 1 N–H and O–H groups in total. The highest BCUT2D eigenvalue weighted by molar-refractivity contribution is 7.12. The third-order valence-electron chi connectivity index (χ3n) is 3.84. The Kier molecular flexibility index (Phi) is 3.93. The summed E-state index contributed by atoms with van der Waals surface area (Å²) in [5.41, 5.74) is 3.26. The highest BCUT2D eigenvalue weighted by atomic mass is 32.1. The molecule has 0 radical (unpaired) electrons. The summed E-state index contributed by atoms with van der Waals surface area (Å²) in [6.07, 6.45) is 1.72. The van der Waals surface area contributed by atoms with Gasteiger partial charge in [0.2, 0.25) is 0 Å². The van der Waals surface area contributed by atoms with Crippen molar-refractivity contribution in [1.29, 1.82) is 0 Å². The number of rotatable bonds is 3. The molecule has 0 unspecified atom stereocenters. The molecule has 0 aliphatic carbocycles. The molecule has 0 spiro atoms. The van der Waals surface area contributed by atoms with Crippen molar-refractivity contribution in [2.75, 3.05) is 7.05 Å². The van der Waals surface area contributed by atoms with Crippen molar-refractivity contribution in [2.45, 2.75) is 33.7 Å². The first kappa shape index (κ1) is 15.7. The van der Waals surface area contributed by atoms with Crippen molar-refractivity contribution in [2.24, 2.45) is 0 Å². The molecular weight excluding hydrogens is 308 g/mol. The monoisotopic (exact) mass is 328 g/mol. The quantitative estimate of drug-likeness (QED) is 0.797. The van der Waals surface area contributed by atoms with Crippen molar-refractivity contribution in [1.82, 2.24) is 20.1 Å². The smallest absolute Gasteiger partial charge is 0.251 e. The average Bonchev–Trinajstić information content (AvgIpc) is 3.08. The number of hydrogen-bond donors (Lipinski definition) is 1. The van der Waals surface area contributed by atoms with Gasteiger partial charge in [-0.25, -0.2) is 9.67 Å². The van der Waals surface area contributed by atoms with E-state index in [9.17, 15) is 4.79 Å². The molecule has 0 atom stereocenters. The molecule has 3 rings (SSSR count). The predicted molar refractivity (Wildman–Crippen MR) is 94.1 cm³/mol. The maximum atomic E-state index is 12.3. The first-order valence-corrected chi connectivity index (χ1v) is 8.41. The molecule has 0 aliphatic heterocycles. The largest absolute Gasteiger partial charge is 0.355 e. The van der Waals surface area contributed by atoms with Crippen molar-refractivity contribution in [3.63, 3.8) is 0 Å². The third-order valence-corrected chi connectivity index (χ3v) is 4.81. The van der Waals surface area contributed by atoms with Gasteiger partial charge < -0.3 is 5.32 Å². The summed E-state index contributed by atoms with van der Waals surface area (Å²) in [4.78, 5) is 19.5. The zero-order valence-corrected chi connectivity index (χ0v) is 14.8. The average molecular weight is 328 g/mol. The Morgan fingerprint density at radius 1 is 1.30 bits per heavy atom. The van der Waals surface area contributed by atoms with Crippen LogP contribution >= 0.6 is 11.3 Å². The second-order valence-electron chi connectivity index (χ2n) is 5.88. The number of hydrogen-bond acceptors (Lipinski definition) is 4. The lowest BCUT2D eigenvalue weighted by Gasteiger charge is -2.10. The van der Waals surface area contributed by atoms with E-state index in [4.69, 9.17) is 4.98 Å². The second kappa shape index (κ2) is 5.77. The summed E-state index contributed by atoms with van der Waals surface area (Å²) in [5.74, 6) is -0.119. The molecule has 0 bridgehead atoms. The molecule has 0 fully saturated rings. The first-order valence-electron chi connectivity index (χ1n) is 7.60. The van der Waals surface area contributed by atoms with Crippen LogP contribution in [-0.2, 0) is 0 Å². The molecule has 3 aromatic rings. The molecule has 1 amide bonds. The Bertz CT molecular complexity index is 892. The molecule has 3 heterocycles. The van der Waals surface area contributed by atoms with Crippen LogP contribution in [-0.4, -0.2) is 27.7 Å². The molecule has 0 aromatic carbocycles. The van der Waals surface area contributed by atoms with E-state index >= 15 is 0 Å². The van der Waals surface area contributed by atoms with Crippen LogP contribution in [0.3, 0.4) is 0 Å². The van der Waals surface area contributed by atoms with Crippen LogP contribution in [0, 0.1) is 13.8 Å². The molecule has 0 saturated carbocycles. The van der Waals surface area contributed by atoms with Gasteiger partial charge >= 0.3 is 0 Å². The van der Waals surface area contributed by atoms with Crippen LogP contribution in [0.4, 0.5) is 0 Å². The number of carbonyl (C=O) groups is 1. The van der Waals surface area contributed by atoms with Gasteiger partial charge in [-0.15, -0.1) is 11.3 Å². The fourth-order valence-corrected chi connectivity index (χ4v) is 3.67. The van der Waals surface area contributed by atoms with E-state index in [1.165, 1.54) is 9.75 Å². The van der Waals surface area contributed by atoms with E-state index in [1.807, 2.05) is 10.7 Å². The van der Waals surface area contributed by atoms with Crippen LogP contribution in [0.2, 0.25) is 0 Å². The zero-order chi connectivity index (χ0) is 16.7. The number of thiophene rings is 1. The van der Waals surface area contributed by atoms with Crippen LogP contribution in [0.15, 0.2) is 18.3 Å². The minimum Gasteiger partial charge on any atom is -0.355 e. The molecule has 0 saturated heterocycles. The number of aromatic nitrogens is 3. The van der Waals surface area contributed by atoms with Crippen molar-refractivity contribution in [3.8, 4) is 11.3 Å². The molecule has 3 aromatic heterocycles. The fourth-order valence-electron chi connectivity index (χ4n) is 2.74. The standard InChI is InChI=1S/C17H20N4OS/c1-9(2)21-16-14(8-19-21)13(17(22)18-5)7-15(20-16)12-6-10(3)23-11(12)4/h6-9H,1-5H3,(H,18,22). The van der Waals surface area contributed by atoms with Crippen LogP contribution in [0.5, 0.6) is 0 Å². The topological polar surface area (TPSA) is 59.8 Å². The van der Waals surface area contributed by atoms with Crippen LogP contribution < -0.4 is 5.32 Å². The third kappa shape index (κ3) is 2.63. The van der Waals surface area contributed by atoms with Gasteiger partial charge in [-0.1, -0.05) is 0 Å². The van der Waals surface area contributed by atoms with Crippen molar-refractivity contribution >= 4 is 28.3 Å². The molecule has 6 heteroatoms. The van der Waals surface area contributed by atoms with E-state index < -0.39 is 0 Å². The number of amides is 1. The van der Waals surface area contributed by atoms with Crippen molar-refractivity contribution in [3.05, 3.63) is 33.6 Å². The summed E-state index contributed by atoms with van der Waals surface area (Å²) in [5, 5.41) is 7.90. The summed E-state index contributed by atoms with van der Waals surface area (Å²) in [7, 11) is 1.64. The SMILES string of the molecule is CNC(=O)c1cc(-c2cc(C)sc2C)nc2c1cnn2C(C)C. The lowest BCUT2D eigenvalue weighted by Crippen LogP contribution is -2.18. The zero-order valence-electron chi connectivity index (χ0n) is 14.0. The summed E-state index contributed by atoms with van der Waals surface area (Å²) in [6, 6.07) is 4.16. The molecular formula is C17H20N4OS. The normalized spacial score (nSPS) is 11.4. The van der Waals surface area contributed by atoms with Crippen LogP contribution in [0.1, 0.15) is 40.0 Å².